The highest BCUT2D eigenvalue weighted by molar-refractivity contribution is 7.11. The molecule has 2 aromatic rings. The van der Waals surface area contributed by atoms with Crippen LogP contribution in [0.15, 0.2) is 35.3 Å². The average molecular weight is 346 g/mol. The number of aliphatic imine (C=N–C) groups is 1. The zero-order valence-corrected chi connectivity index (χ0v) is 15.5. The van der Waals surface area contributed by atoms with Gasteiger partial charge in [0.15, 0.2) is 5.96 Å². The lowest BCUT2D eigenvalue weighted by atomic mass is 10.3. The Labute approximate surface area is 148 Å². The molecule has 0 spiro atoms. The number of hydrogen-bond donors (Lipinski definition) is 3. The lowest BCUT2D eigenvalue weighted by Crippen LogP contribution is -2.38. The normalized spacial score (nSPS) is 11.4. The molecule has 0 radical (unpaired) electrons. The van der Waals surface area contributed by atoms with Gasteiger partial charge in [-0.3, -0.25) is 0 Å². The van der Waals surface area contributed by atoms with Crippen LogP contribution in [0.5, 0.6) is 0 Å². The van der Waals surface area contributed by atoms with E-state index in [1.807, 2.05) is 32.0 Å². The van der Waals surface area contributed by atoms with Crippen molar-refractivity contribution in [3.05, 3.63) is 45.9 Å². The maximum atomic E-state index is 4.66. The molecule has 1 aromatic carbocycles. The van der Waals surface area contributed by atoms with E-state index in [-0.39, 0.29) is 0 Å². The van der Waals surface area contributed by atoms with Crippen LogP contribution in [-0.4, -0.2) is 30.6 Å². The Bertz CT molecular complexity index is 636. The van der Waals surface area contributed by atoms with Gasteiger partial charge < -0.3 is 16.0 Å². The van der Waals surface area contributed by atoms with Crippen LogP contribution in [0, 0.1) is 13.8 Å². The van der Waals surface area contributed by atoms with Gasteiger partial charge in [-0.2, -0.15) is 0 Å². The van der Waals surface area contributed by atoms with E-state index < -0.39 is 0 Å². The second kappa shape index (κ2) is 9.93. The van der Waals surface area contributed by atoms with E-state index in [4.69, 9.17) is 0 Å². The Morgan fingerprint density at radius 3 is 2.58 bits per heavy atom. The minimum atomic E-state index is 0.676. The van der Waals surface area contributed by atoms with Crippen LogP contribution in [0.1, 0.15) is 28.9 Å². The Morgan fingerprint density at radius 1 is 1.12 bits per heavy atom. The van der Waals surface area contributed by atoms with Crippen molar-refractivity contribution in [3.63, 3.8) is 0 Å². The van der Waals surface area contributed by atoms with Gasteiger partial charge in [0.25, 0.3) is 0 Å². The minimum Gasteiger partial charge on any atom is -0.385 e. The number of aromatic nitrogens is 1. The summed E-state index contributed by atoms with van der Waals surface area (Å²) in [7, 11) is 0. The molecule has 1 aromatic heterocycles. The van der Waals surface area contributed by atoms with E-state index in [9.17, 15) is 0 Å². The van der Waals surface area contributed by atoms with Gasteiger partial charge in [0.05, 0.1) is 17.2 Å². The van der Waals surface area contributed by atoms with Crippen LogP contribution in [0.4, 0.5) is 5.69 Å². The number of thiazole rings is 1. The molecule has 1 heterocycles. The van der Waals surface area contributed by atoms with E-state index in [1.165, 1.54) is 4.88 Å². The summed E-state index contributed by atoms with van der Waals surface area (Å²) in [6, 6.07) is 10.3. The Hall–Kier alpha value is -2.08. The number of benzene rings is 1. The number of hydrogen-bond acceptors (Lipinski definition) is 4. The van der Waals surface area contributed by atoms with E-state index in [1.54, 1.807) is 11.3 Å². The van der Waals surface area contributed by atoms with Crippen molar-refractivity contribution >= 4 is 23.0 Å². The molecule has 0 aliphatic heterocycles. The molecule has 0 saturated carbocycles. The summed E-state index contributed by atoms with van der Waals surface area (Å²) in [5, 5.41) is 11.2. The molecular formula is C18H27N5S. The fourth-order valence-corrected chi connectivity index (χ4v) is 3.16. The first kappa shape index (κ1) is 18.3. The summed E-state index contributed by atoms with van der Waals surface area (Å²) in [5.41, 5.74) is 2.25. The van der Waals surface area contributed by atoms with Gasteiger partial charge in [-0.1, -0.05) is 18.2 Å². The first-order valence-electron chi connectivity index (χ1n) is 8.43. The standard InChI is InChI=1S/C18H27N5S/c1-4-19-18(22-13-17-14(2)23-15(3)24-17)21-12-8-11-20-16-9-6-5-7-10-16/h5-7,9-10,20H,4,8,11-13H2,1-3H3,(H2,19,21,22). The smallest absolute Gasteiger partial charge is 0.191 e. The topological polar surface area (TPSA) is 61.3 Å². The molecule has 130 valence electrons. The monoisotopic (exact) mass is 345 g/mol. The molecule has 24 heavy (non-hydrogen) atoms. The number of aryl methyl sites for hydroxylation is 2. The fraction of sp³-hybridized carbons (Fsp3) is 0.444. The highest BCUT2D eigenvalue weighted by Gasteiger charge is 2.04. The molecule has 0 amide bonds. The van der Waals surface area contributed by atoms with Crippen LogP contribution in [-0.2, 0) is 6.54 Å². The zero-order chi connectivity index (χ0) is 17.2. The second-order valence-corrected chi connectivity index (χ2v) is 6.80. The van der Waals surface area contributed by atoms with Gasteiger partial charge in [0, 0.05) is 30.2 Å². The van der Waals surface area contributed by atoms with E-state index >= 15 is 0 Å². The fourth-order valence-electron chi connectivity index (χ4n) is 2.30. The van der Waals surface area contributed by atoms with E-state index in [0.717, 1.165) is 48.4 Å². The molecule has 0 atom stereocenters. The maximum absolute atomic E-state index is 4.66. The van der Waals surface area contributed by atoms with E-state index in [2.05, 4.69) is 45.0 Å². The number of nitrogens with zero attached hydrogens (tertiary/aromatic N) is 2. The highest BCUT2D eigenvalue weighted by Crippen LogP contribution is 2.17. The highest BCUT2D eigenvalue weighted by atomic mass is 32.1. The van der Waals surface area contributed by atoms with Crippen molar-refractivity contribution in [1.29, 1.82) is 0 Å². The van der Waals surface area contributed by atoms with Crippen LogP contribution in [0.2, 0.25) is 0 Å². The number of anilines is 1. The molecule has 0 aliphatic carbocycles. The predicted molar refractivity (Wildman–Crippen MR) is 104 cm³/mol. The van der Waals surface area contributed by atoms with Gasteiger partial charge in [-0.25, -0.2) is 9.98 Å². The van der Waals surface area contributed by atoms with Gasteiger partial charge in [0.1, 0.15) is 0 Å². The number of nitrogens with one attached hydrogen (secondary N) is 3. The van der Waals surface area contributed by atoms with Crippen molar-refractivity contribution < 1.29 is 0 Å². The van der Waals surface area contributed by atoms with Crippen LogP contribution >= 0.6 is 11.3 Å². The third-order valence-corrected chi connectivity index (χ3v) is 4.53. The number of rotatable bonds is 8. The van der Waals surface area contributed by atoms with Crippen molar-refractivity contribution in [2.45, 2.75) is 33.7 Å². The summed E-state index contributed by atoms with van der Waals surface area (Å²) in [6.07, 6.45) is 1.03. The Balaban J connectivity index is 1.74. The molecule has 0 saturated heterocycles. The largest absolute Gasteiger partial charge is 0.385 e. The SMILES string of the molecule is CCNC(=NCc1sc(C)nc1C)NCCCNc1ccccc1. The van der Waals surface area contributed by atoms with Crippen molar-refractivity contribution in [2.24, 2.45) is 4.99 Å². The summed E-state index contributed by atoms with van der Waals surface area (Å²) >= 11 is 1.72. The molecule has 0 unspecified atom stereocenters. The summed E-state index contributed by atoms with van der Waals surface area (Å²) in [4.78, 5) is 10.3. The van der Waals surface area contributed by atoms with Crippen LogP contribution in [0.3, 0.4) is 0 Å². The van der Waals surface area contributed by atoms with Crippen LogP contribution in [0.25, 0.3) is 0 Å². The zero-order valence-electron chi connectivity index (χ0n) is 14.7. The molecule has 0 aliphatic rings. The summed E-state index contributed by atoms with van der Waals surface area (Å²) < 4.78 is 0. The maximum Gasteiger partial charge on any atom is 0.191 e. The van der Waals surface area contributed by atoms with E-state index in [0.29, 0.717) is 6.54 Å². The third-order valence-electron chi connectivity index (χ3n) is 3.47. The van der Waals surface area contributed by atoms with Crippen molar-refractivity contribution in [1.82, 2.24) is 15.6 Å². The molecule has 6 heteroatoms. The molecule has 0 bridgehead atoms. The van der Waals surface area contributed by atoms with Gasteiger partial charge in [-0.15, -0.1) is 11.3 Å². The van der Waals surface area contributed by atoms with Gasteiger partial charge >= 0.3 is 0 Å². The number of guanidine groups is 1. The first-order valence-corrected chi connectivity index (χ1v) is 9.24. The molecule has 3 N–H and O–H groups in total. The molecule has 5 nitrogen and oxygen atoms in total. The minimum absolute atomic E-state index is 0.676. The van der Waals surface area contributed by atoms with Crippen LogP contribution < -0.4 is 16.0 Å². The molecule has 0 fully saturated rings. The predicted octanol–water partition coefficient (Wildman–Crippen LogP) is 3.32. The molecule has 2 rings (SSSR count). The van der Waals surface area contributed by atoms with Gasteiger partial charge in [-0.05, 0) is 39.3 Å². The lowest BCUT2D eigenvalue weighted by Gasteiger charge is -2.11. The van der Waals surface area contributed by atoms with Gasteiger partial charge in [0.2, 0.25) is 0 Å². The average Bonchev–Trinajstić information content (AvgIpc) is 2.90. The Morgan fingerprint density at radius 2 is 1.92 bits per heavy atom. The first-order chi connectivity index (χ1) is 11.7. The quantitative estimate of drug-likeness (QED) is 0.390. The summed E-state index contributed by atoms with van der Waals surface area (Å²) in [6.45, 7) is 9.51. The summed E-state index contributed by atoms with van der Waals surface area (Å²) in [5.74, 6) is 0.864. The lowest BCUT2D eigenvalue weighted by molar-refractivity contribution is 0.765. The van der Waals surface area contributed by atoms with Crippen molar-refractivity contribution in [3.8, 4) is 0 Å². The number of para-hydroxylation sites is 1. The van der Waals surface area contributed by atoms with Crippen molar-refractivity contribution in [2.75, 3.05) is 25.0 Å². The third kappa shape index (κ3) is 6.20. The second-order valence-electron chi connectivity index (χ2n) is 5.51. The Kier molecular flexibility index (Phi) is 7.55. The molecular weight excluding hydrogens is 318 g/mol.